The minimum absolute atomic E-state index is 0.0387. The van der Waals surface area contributed by atoms with Crippen molar-refractivity contribution in [2.75, 3.05) is 37.9 Å². The molecular weight excluding hydrogens is 727 g/mol. The molecule has 2 N–H and O–H groups in total. The molecule has 6 heterocycles. The van der Waals surface area contributed by atoms with Crippen LogP contribution in [0.25, 0.3) is 31.8 Å². The highest BCUT2D eigenvalue weighted by atomic mass is 32.1. The third-order valence-electron chi connectivity index (χ3n) is 8.93. The maximum atomic E-state index is 13.5. The van der Waals surface area contributed by atoms with Crippen LogP contribution in [0.15, 0.2) is 47.3 Å². The van der Waals surface area contributed by atoms with Crippen LogP contribution in [0.3, 0.4) is 0 Å². The first-order valence-electron chi connectivity index (χ1n) is 16.4. The zero-order chi connectivity index (χ0) is 36.1. The van der Waals surface area contributed by atoms with Crippen LogP contribution in [-0.4, -0.2) is 59.7 Å². The van der Waals surface area contributed by atoms with E-state index in [1.807, 2.05) is 0 Å². The number of carboxylic acid groups (broad SMARTS) is 2. The third kappa shape index (κ3) is 5.69. The molecule has 264 valence electrons. The Morgan fingerprint density at radius 2 is 1.48 bits per heavy atom. The summed E-state index contributed by atoms with van der Waals surface area (Å²) in [6.07, 6.45) is 3.33. The molecule has 0 aliphatic carbocycles. The molecule has 3 aliphatic rings. The summed E-state index contributed by atoms with van der Waals surface area (Å²) in [6, 6.07) is 16.6. The van der Waals surface area contributed by atoms with Crippen LogP contribution in [-0.2, 0) is 29.0 Å². The molecule has 52 heavy (non-hydrogen) atoms. The average Bonchev–Trinajstić information content (AvgIpc) is 3.76. The number of aliphatic carboxylic acids is 2. The largest absolute Gasteiger partial charge is 0.485 e. The molecule has 3 aliphatic heterocycles. The summed E-state index contributed by atoms with van der Waals surface area (Å²) >= 11 is 3.55. The molecule has 0 saturated carbocycles. The van der Waals surface area contributed by atoms with E-state index in [2.05, 4.69) is 54.3 Å². The van der Waals surface area contributed by atoms with Gasteiger partial charge in [0.15, 0.2) is 28.6 Å². The molecule has 2 aromatic carbocycles. The van der Waals surface area contributed by atoms with Crippen molar-refractivity contribution in [3.8, 4) is 49.3 Å². The molecule has 0 spiro atoms. The number of anilines is 2. The summed E-state index contributed by atoms with van der Waals surface area (Å²) in [5.41, 5.74) is 4.50. The zero-order valence-corrected chi connectivity index (χ0v) is 30.0. The second kappa shape index (κ2) is 13.5. The lowest BCUT2D eigenvalue weighted by Crippen LogP contribution is -2.35. The van der Waals surface area contributed by atoms with E-state index in [1.165, 1.54) is 51.3 Å². The number of hydrogen-bond donors (Lipinski definition) is 2. The molecule has 0 atom stereocenters. The second-order valence-corrected chi connectivity index (χ2v) is 15.1. The average molecular weight is 756 g/mol. The van der Waals surface area contributed by atoms with Crippen LogP contribution in [0.5, 0.6) is 23.0 Å². The van der Waals surface area contributed by atoms with E-state index in [4.69, 9.17) is 18.9 Å². The van der Waals surface area contributed by atoms with Crippen molar-refractivity contribution in [3.05, 3.63) is 78.0 Å². The number of nitrogens with zero attached hydrogens (tertiary/aromatic N) is 3. The van der Waals surface area contributed by atoms with Crippen molar-refractivity contribution in [2.24, 2.45) is 0 Å². The molecule has 12 nitrogen and oxygen atoms in total. The molecule has 0 amide bonds. The molecule has 0 saturated heterocycles. The Morgan fingerprint density at radius 3 is 2.17 bits per heavy atom. The van der Waals surface area contributed by atoms with Gasteiger partial charge in [0, 0.05) is 17.9 Å². The molecule has 0 fully saturated rings. The predicted octanol–water partition coefficient (Wildman–Crippen LogP) is 4.84. The topological polar surface area (TPSA) is 161 Å². The van der Waals surface area contributed by atoms with Gasteiger partial charge < -0.3 is 34.1 Å². The fraction of sp³-hybridized carbons (Fsp3) is 0.243. The molecule has 15 heteroatoms. The molecular formula is C37H29N3O9S3. The van der Waals surface area contributed by atoms with Crippen LogP contribution in [0, 0.1) is 11.3 Å². The van der Waals surface area contributed by atoms with E-state index in [1.54, 1.807) is 6.07 Å². The van der Waals surface area contributed by atoms with Gasteiger partial charge in [0.25, 0.3) is 5.56 Å². The Morgan fingerprint density at radius 1 is 0.846 bits per heavy atom. The highest BCUT2D eigenvalue weighted by Crippen LogP contribution is 2.60. The number of aryl methyl sites for hydroxylation is 2. The van der Waals surface area contributed by atoms with Crippen molar-refractivity contribution >= 4 is 69.0 Å². The number of nitriles is 1. The minimum Gasteiger partial charge on any atom is -0.485 e. The SMILES string of the molecule is CCN1c2ccccc2CCc2cc(-c3sc(-c4sc(/C=c5\s/c(=C(\C#N)C(=O)O)n(CC(=O)O)c5=O)c5c4OCCO5)c4c3OCCO4)ccc21. The zero-order valence-electron chi connectivity index (χ0n) is 27.6. The van der Waals surface area contributed by atoms with Crippen LogP contribution in [0.1, 0.15) is 22.9 Å². The van der Waals surface area contributed by atoms with Crippen LogP contribution in [0.4, 0.5) is 11.4 Å². The van der Waals surface area contributed by atoms with E-state index in [9.17, 15) is 29.9 Å². The molecule has 0 bridgehead atoms. The minimum atomic E-state index is -1.57. The standard InChI is InChI=1S/C37H29N3O9S3/c1-2-39-23-6-4-3-5-19(23)7-8-20-15-21(9-10-24(20)39)32-30-31(49-14-13-48-30)34(52-32)33-29-28(46-11-12-47-29)25(50-33)16-26-35(43)40(18-27(41)42)36(51-26)22(17-38)37(44)45/h3-6,9-10,15-16H,2,7-8,11-14,18H2,1H3,(H,41,42)(H,44,45)/b26-16-,36-22+. The highest BCUT2D eigenvalue weighted by molar-refractivity contribution is 7.25. The van der Waals surface area contributed by atoms with Gasteiger partial charge in [-0.2, -0.15) is 5.26 Å². The lowest BCUT2D eigenvalue weighted by Gasteiger charge is -2.25. The maximum Gasteiger partial charge on any atom is 0.349 e. The van der Waals surface area contributed by atoms with E-state index < -0.39 is 29.6 Å². The number of aromatic nitrogens is 1. The Labute approximate surface area is 307 Å². The molecule has 5 aromatic rings. The summed E-state index contributed by atoms with van der Waals surface area (Å²) in [6.45, 7) is 3.49. The first-order valence-corrected chi connectivity index (χ1v) is 18.9. The fourth-order valence-electron chi connectivity index (χ4n) is 6.71. The molecule has 8 rings (SSSR count). The van der Waals surface area contributed by atoms with Gasteiger partial charge in [-0.15, -0.1) is 34.0 Å². The van der Waals surface area contributed by atoms with Crippen LogP contribution in [0.2, 0.25) is 0 Å². The number of benzene rings is 2. The maximum absolute atomic E-state index is 13.5. The van der Waals surface area contributed by atoms with Crippen molar-refractivity contribution in [2.45, 2.75) is 26.3 Å². The van der Waals surface area contributed by atoms with E-state index >= 15 is 0 Å². The monoisotopic (exact) mass is 755 g/mol. The Bertz CT molecular complexity index is 2520. The normalized spacial score (nSPS) is 15.3. The number of carboxylic acids is 2. The smallest absolute Gasteiger partial charge is 0.349 e. The van der Waals surface area contributed by atoms with Crippen molar-refractivity contribution in [3.63, 3.8) is 0 Å². The van der Waals surface area contributed by atoms with Crippen LogP contribution < -0.4 is 38.6 Å². The van der Waals surface area contributed by atoms with Gasteiger partial charge in [-0.25, -0.2) is 4.79 Å². The number of ether oxygens (including phenoxy) is 4. The van der Waals surface area contributed by atoms with Gasteiger partial charge in [-0.3, -0.25) is 14.2 Å². The lowest BCUT2D eigenvalue weighted by molar-refractivity contribution is -0.138. The number of para-hydroxylation sites is 1. The molecule has 0 radical (unpaired) electrons. The summed E-state index contributed by atoms with van der Waals surface area (Å²) in [7, 11) is 0. The Balaban J connectivity index is 1.26. The molecule has 0 unspecified atom stereocenters. The summed E-state index contributed by atoms with van der Waals surface area (Å²) in [4.78, 5) is 42.1. The van der Waals surface area contributed by atoms with Gasteiger partial charge in [0.05, 0.1) is 24.0 Å². The third-order valence-corrected chi connectivity index (χ3v) is 12.5. The van der Waals surface area contributed by atoms with E-state index in [-0.39, 0.29) is 15.8 Å². The highest BCUT2D eigenvalue weighted by Gasteiger charge is 2.33. The number of rotatable bonds is 7. The predicted molar refractivity (Wildman–Crippen MR) is 197 cm³/mol. The van der Waals surface area contributed by atoms with Gasteiger partial charge >= 0.3 is 11.9 Å². The summed E-state index contributed by atoms with van der Waals surface area (Å²) in [5, 5.41) is 28.5. The van der Waals surface area contributed by atoms with Crippen molar-refractivity contribution in [1.82, 2.24) is 4.57 Å². The number of hydrogen-bond acceptors (Lipinski definition) is 12. The van der Waals surface area contributed by atoms with Gasteiger partial charge in [-0.1, -0.05) is 24.3 Å². The Kier molecular flexibility index (Phi) is 8.74. The summed E-state index contributed by atoms with van der Waals surface area (Å²) < 4.78 is 25.3. The number of thiazole rings is 1. The number of thiophene rings is 2. The van der Waals surface area contributed by atoms with Gasteiger partial charge in [0.1, 0.15) is 43.7 Å². The first kappa shape index (κ1) is 33.6. The van der Waals surface area contributed by atoms with Crippen molar-refractivity contribution < 1.29 is 38.7 Å². The number of fused-ring (bicyclic) bond motifs is 4. The van der Waals surface area contributed by atoms with E-state index in [0.717, 1.165) is 50.6 Å². The van der Waals surface area contributed by atoms with Crippen LogP contribution >= 0.6 is 34.0 Å². The second-order valence-electron chi connectivity index (χ2n) is 12.0. The first-order chi connectivity index (χ1) is 25.3. The van der Waals surface area contributed by atoms with Crippen molar-refractivity contribution in [1.29, 1.82) is 5.26 Å². The van der Waals surface area contributed by atoms with E-state index in [0.29, 0.717) is 52.6 Å². The quantitative estimate of drug-likeness (QED) is 0.234. The number of carbonyl (C=O) groups is 2. The lowest BCUT2D eigenvalue weighted by atomic mass is 10.0. The Hall–Kier alpha value is -5.56. The summed E-state index contributed by atoms with van der Waals surface area (Å²) in [5.74, 6) is -0.811. The van der Waals surface area contributed by atoms with Gasteiger partial charge in [0.2, 0.25) is 0 Å². The molecule has 3 aromatic heterocycles. The van der Waals surface area contributed by atoms with Gasteiger partial charge in [-0.05, 0) is 60.7 Å². The fourth-order valence-corrected chi connectivity index (χ4v) is 10.3.